The molecule has 0 atom stereocenters. The molecule has 20 heavy (non-hydrogen) atoms. The lowest BCUT2D eigenvalue weighted by molar-refractivity contribution is -0.117. The second-order valence-electron chi connectivity index (χ2n) is 5.20. The number of carbonyl (C=O) groups excluding carboxylic acids is 2. The molecule has 0 spiro atoms. The first-order valence-corrected chi connectivity index (χ1v) is 7.26. The lowest BCUT2D eigenvalue weighted by Crippen LogP contribution is -2.15. The van der Waals surface area contributed by atoms with Gasteiger partial charge in [0.1, 0.15) is 0 Å². The third-order valence-corrected chi connectivity index (χ3v) is 3.63. The molecule has 4 nitrogen and oxygen atoms in total. The van der Waals surface area contributed by atoms with Crippen molar-refractivity contribution in [2.24, 2.45) is 5.92 Å². The van der Waals surface area contributed by atoms with Gasteiger partial charge in [-0.3, -0.25) is 4.79 Å². The molecule has 4 heteroatoms. The molecule has 1 N–H and O–H groups in total. The van der Waals surface area contributed by atoms with E-state index in [9.17, 15) is 9.59 Å². The van der Waals surface area contributed by atoms with E-state index in [1.165, 1.54) is 12.8 Å². The first-order valence-electron chi connectivity index (χ1n) is 7.26. The van der Waals surface area contributed by atoms with Crippen molar-refractivity contribution in [1.82, 2.24) is 0 Å². The number of benzene rings is 1. The molecule has 108 valence electrons. The molecule has 1 fully saturated rings. The summed E-state index contributed by atoms with van der Waals surface area (Å²) in [4.78, 5) is 23.4. The molecule has 0 heterocycles. The number of esters is 1. The van der Waals surface area contributed by atoms with Crippen molar-refractivity contribution in [3.63, 3.8) is 0 Å². The fraction of sp³-hybridized carbons (Fsp3) is 0.500. The van der Waals surface area contributed by atoms with Crippen molar-refractivity contribution in [2.75, 3.05) is 11.9 Å². The quantitative estimate of drug-likeness (QED) is 0.838. The van der Waals surface area contributed by atoms with Crippen LogP contribution in [0.4, 0.5) is 5.69 Å². The average Bonchev–Trinajstić information content (AvgIpc) is 2.92. The van der Waals surface area contributed by atoms with Gasteiger partial charge in [0.25, 0.3) is 0 Å². The zero-order valence-corrected chi connectivity index (χ0v) is 11.9. The molecular formula is C16H21NO3. The fourth-order valence-corrected chi connectivity index (χ4v) is 2.59. The molecule has 1 amide bonds. The Balaban J connectivity index is 1.86. The number of carbonyl (C=O) groups is 2. The Labute approximate surface area is 119 Å². The highest BCUT2D eigenvalue weighted by atomic mass is 16.5. The minimum absolute atomic E-state index is 0.0563. The van der Waals surface area contributed by atoms with Gasteiger partial charge >= 0.3 is 5.97 Å². The van der Waals surface area contributed by atoms with Gasteiger partial charge < -0.3 is 10.1 Å². The van der Waals surface area contributed by atoms with Crippen molar-refractivity contribution < 1.29 is 14.3 Å². The number of nitrogens with one attached hydrogen (secondary N) is 1. The van der Waals surface area contributed by atoms with Gasteiger partial charge in [0.05, 0.1) is 12.2 Å². The molecule has 0 saturated heterocycles. The monoisotopic (exact) mass is 275 g/mol. The van der Waals surface area contributed by atoms with E-state index in [4.69, 9.17) is 4.74 Å². The van der Waals surface area contributed by atoms with Crippen molar-refractivity contribution in [1.29, 1.82) is 0 Å². The highest BCUT2D eigenvalue weighted by molar-refractivity contribution is 5.93. The van der Waals surface area contributed by atoms with Crippen LogP contribution in [0.15, 0.2) is 24.3 Å². The molecule has 1 aliphatic carbocycles. The van der Waals surface area contributed by atoms with E-state index >= 15 is 0 Å². The van der Waals surface area contributed by atoms with Gasteiger partial charge in [-0.25, -0.2) is 4.79 Å². The standard InChI is InChI=1S/C16H21NO3/c1-2-20-16(19)13-7-9-14(10-8-13)17-15(18)11-12-5-3-4-6-12/h7-10,12H,2-6,11H2,1H3,(H,17,18). The molecule has 0 bridgehead atoms. The molecule has 1 aromatic rings. The SMILES string of the molecule is CCOC(=O)c1ccc(NC(=O)CC2CCCC2)cc1. The number of ether oxygens (including phenoxy) is 1. The molecule has 2 rings (SSSR count). The number of amides is 1. The highest BCUT2D eigenvalue weighted by Gasteiger charge is 2.18. The maximum atomic E-state index is 11.9. The van der Waals surface area contributed by atoms with Gasteiger partial charge in [0.2, 0.25) is 5.91 Å². The van der Waals surface area contributed by atoms with Gasteiger partial charge in [0.15, 0.2) is 0 Å². The van der Waals surface area contributed by atoms with Crippen molar-refractivity contribution in [3.8, 4) is 0 Å². The van der Waals surface area contributed by atoms with Gasteiger partial charge in [-0.1, -0.05) is 12.8 Å². The van der Waals surface area contributed by atoms with E-state index in [0.29, 0.717) is 24.5 Å². The first-order chi connectivity index (χ1) is 9.69. The summed E-state index contributed by atoms with van der Waals surface area (Å²) in [5, 5.41) is 2.88. The number of hydrogen-bond acceptors (Lipinski definition) is 3. The summed E-state index contributed by atoms with van der Waals surface area (Å²) in [5.41, 5.74) is 1.22. The Bertz CT molecular complexity index is 461. The fourth-order valence-electron chi connectivity index (χ4n) is 2.59. The van der Waals surface area contributed by atoms with Gasteiger partial charge in [-0.05, 0) is 49.9 Å². The van der Waals surface area contributed by atoms with Crippen LogP contribution in [0.3, 0.4) is 0 Å². The topological polar surface area (TPSA) is 55.4 Å². The Morgan fingerprint density at radius 3 is 2.45 bits per heavy atom. The van der Waals surface area contributed by atoms with Crippen molar-refractivity contribution >= 4 is 17.6 Å². The molecule has 0 aromatic heterocycles. The van der Waals surface area contributed by atoms with E-state index in [-0.39, 0.29) is 11.9 Å². The van der Waals surface area contributed by atoms with E-state index in [2.05, 4.69) is 5.32 Å². The third-order valence-electron chi connectivity index (χ3n) is 3.63. The summed E-state index contributed by atoms with van der Waals surface area (Å²) in [5.74, 6) is 0.255. The van der Waals surface area contributed by atoms with Crippen LogP contribution >= 0.6 is 0 Å². The van der Waals surface area contributed by atoms with Crippen molar-refractivity contribution in [2.45, 2.75) is 39.0 Å². The van der Waals surface area contributed by atoms with E-state index in [0.717, 1.165) is 18.5 Å². The van der Waals surface area contributed by atoms with Crippen LogP contribution in [0.2, 0.25) is 0 Å². The largest absolute Gasteiger partial charge is 0.462 e. The van der Waals surface area contributed by atoms with E-state index < -0.39 is 0 Å². The molecule has 1 aromatic carbocycles. The summed E-state index contributed by atoms with van der Waals surface area (Å²) in [7, 11) is 0. The smallest absolute Gasteiger partial charge is 0.338 e. The summed E-state index contributed by atoms with van der Waals surface area (Å²) >= 11 is 0. The van der Waals surface area contributed by atoms with Gasteiger partial charge in [-0.2, -0.15) is 0 Å². The predicted molar refractivity (Wildman–Crippen MR) is 77.6 cm³/mol. The van der Waals surface area contributed by atoms with Crippen LogP contribution in [0.5, 0.6) is 0 Å². The highest BCUT2D eigenvalue weighted by Crippen LogP contribution is 2.27. The lowest BCUT2D eigenvalue weighted by atomic mass is 10.0. The van der Waals surface area contributed by atoms with Crippen LogP contribution in [0, 0.1) is 5.92 Å². The minimum atomic E-state index is -0.337. The van der Waals surface area contributed by atoms with Crippen LogP contribution in [-0.4, -0.2) is 18.5 Å². The summed E-state index contributed by atoms with van der Waals surface area (Å²) in [6.45, 7) is 2.13. The van der Waals surface area contributed by atoms with Crippen LogP contribution in [0.1, 0.15) is 49.4 Å². The van der Waals surface area contributed by atoms with Crippen LogP contribution in [-0.2, 0) is 9.53 Å². The van der Waals surface area contributed by atoms with Crippen LogP contribution < -0.4 is 5.32 Å². The molecule has 0 unspecified atom stereocenters. The normalized spacial score (nSPS) is 15.1. The third kappa shape index (κ3) is 4.08. The Morgan fingerprint density at radius 2 is 1.85 bits per heavy atom. The molecule has 0 radical (unpaired) electrons. The molecule has 0 aliphatic heterocycles. The van der Waals surface area contributed by atoms with Gasteiger partial charge in [0, 0.05) is 12.1 Å². The average molecular weight is 275 g/mol. The van der Waals surface area contributed by atoms with Gasteiger partial charge in [-0.15, -0.1) is 0 Å². The molecule has 1 aliphatic rings. The van der Waals surface area contributed by atoms with Crippen molar-refractivity contribution in [3.05, 3.63) is 29.8 Å². The summed E-state index contributed by atoms with van der Waals surface area (Å²) in [6, 6.07) is 6.81. The second-order valence-corrected chi connectivity index (χ2v) is 5.20. The number of anilines is 1. The number of hydrogen-bond donors (Lipinski definition) is 1. The summed E-state index contributed by atoms with van der Waals surface area (Å²) in [6.07, 6.45) is 5.41. The summed E-state index contributed by atoms with van der Waals surface area (Å²) < 4.78 is 4.91. The Kier molecular flexibility index (Phi) is 5.16. The molecular weight excluding hydrogens is 254 g/mol. The van der Waals surface area contributed by atoms with Crippen LogP contribution in [0.25, 0.3) is 0 Å². The molecule has 1 saturated carbocycles. The predicted octanol–water partition coefficient (Wildman–Crippen LogP) is 3.38. The minimum Gasteiger partial charge on any atom is -0.462 e. The van der Waals surface area contributed by atoms with E-state index in [1.807, 2.05) is 0 Å². The number of rotatable bonds is 5. The zero-order valence-electron chi connectivity index (χ0n) is 11.9. The van der Waals surface area contributed by atoms with E-state index in [1.54, 1.807) is 31.2 Å². The Hall–Kier alpha value is -1.84. The zero-order chi connectivity index (χ0) is 14.4. The Morgan fingerprint density at radius 1 is 1.20 bits per heavy atom. The lowest BCUT2D eigenvalue weighted by Gasteiger charge is -2.10. The maximum absolute atomic E-state index is 11.9. The first kappa shape index (κ1) is 14.6. The second kappa shape index (κ2) is 7.08. The maximum Gasteiger partial charge on any atom is 0.338 e.